The van der Waals surface area contributed by atoms with Gasteiger partial charge in [-0.3, -0.25) is 9.89 Å². The molecule has 0 aromatic rings. The molecule has 0 amide bonds. The first-order valence-corrected chi connectivity index (χ1v) is 7.95. The summed E-state index contributed by atoms with van der Waals surface area (Å²) in [5.41, 5.74) is 0.0988. The van der Waals surface area contributed by atoms with E-state index in [0.717, 1.165) is 58.4 Å². The second-order valence-corrected chi connectivity index (χ2v) is 6.16. The largest absolute Gasteiger partial charge is 0.379 e. The Labute approximate surface area is 153 Å². The second-order valence-electron chi connectivity index (χ2n) is 6.16. The fourth-order valence-corrected chi connectivity index (χ4v) is 2.32. The lowest BCUT2D eigenvalue weighted by Crippen LogP contribution is -2.56. The number of nitrogens with zero attached hydrogens (tertiary/aromatic N) is 3. The summed E-state index contributed by atoms with van der Waals surface area (Å²) in [5.74, 6) is 0.876. The number of morpholine rings is 1. The molecular formula is C15H34IN5O. The Bertz CT molecular complexity index is 319. The van der Waals surface area contributed by atoms with Crippen molar-refractivity contribution in [2.24, 2.45) is 4.99 Å². The molecule has 22 heavy (non-hydrogen) atoms. The van der Waals surface area contributed by atoms with Crippen LogP contribution in [-0.2, 0) is 4.74 Å². The van der Waals surface area contributed by atoms with Crippen molar-refractivity contribution in [2.45, 2.75) is 26.3 Å². The Morgan fingerprint density at radius 3 is 2.45 bits per heavy atom. The van der Waals surface area contributed by atoms with Crippen molar-refractivity contribution in [1.82, 2.24) is 20.4 Å². The standard InChI is InChI=1S/C15H33N5O.HI/c1-6-19(5)8-7-17-14(16-4)18-13-15(2,3)20-9-11-21-12-10-20;/h6-13H2,1-5H3,(H2,16,17,18);1H. The van der Waals surface area contributed by atoms with Gasteiger partial charge in [0.15, 0.2) is 5.96 Å². The van der Waals surface area contributed by atoms with Crippen LogP contribution in [0.4, 0.5) is 0 Å². The molecule has 1 aliphatic rings. The number of guanidine groups is 1. The number of hydrogen-bond donors (Lipinski definition) is 2. The number of halogens is 1. The first-order valence-electron chi connectivity index (χ1n) is 7.95. The highest BCUT2D eigenvalue weighted by molar-refractivity contribution is 14.0. The van der Waals surface area contributed by atoms with Crippen LogP contribution in [0.15, 0.2) is 4.99 Å². The molecule has 1 saturated heterocycles. The highest BCUT2D eigenvalue weighted by Gasteiger charge is 2.28. The van der Waals surface area contributed by atoms with E-state index in [1.54, 1.807) is 0 Å². The van der Waals surface area contributed by atoms with E-state index in [1.807, 2.05) is 7.05 Å². The minimum Gasteiger partial charge on any atom is -0.379 e. The van der Waals surface area contributed by atoms with Gasteiger partial charge in [0.25, 0.3) is 0 Å². The number of hydrogen-bond acceptors (Lipinski definition) is 4. The summed E-state index contributed by atoms with van der Waals surface area (Å²) in [6.45, 7) is 14.2. The van der Waals surface area contributed by atoms with Gasteiger partial charge in [0, 0.05) is 45.3 Å². The van der Waals surface area contributed by atoms with E-state index in [0.29, 0.717) is 0 Å². The molecule has 132 valence electrons. The highest BCUT2D eigenvalue weighted by Crippen LogP contribution is 2.14. The van der Waals surface area contributed by atoms with Crippen molar-refractivity contribution in [1.29, 1.82) is 0 Å². The topological polar surface area (TPSA) is 52.1 Å². The van der Waals surface area contributed by atoms with E-state index in [9.17, 15) is 0 Å². The third-order valence-corrected chi connectivity index (χ3v) is 4.11. The third-order valence-electron chi connectivity index (χ3n) is 4.11. The van der Waals surface area contributed by atoms with E-state index < -0.39 is 0 Å². The van der Waals surface area contributed by atoms with Gasteiger partial charge < -0.3 is 20.3 Å². The predicted octanol–water partition coefficient (Wildman–Crippen LogP) is 0.832. The third kappa shape index (κ3) is 7.94. The van der Waals surface area contributed by atoms with E-state index >= 15 is 0 Å². The van der Waals surface area contributed by atoms with Gasteiger partial charge in [-0.05, 0) is 27.4 Å². The lowest BCUT2D eigenvalue weighted by atomic mass is 10.0. The Balaban J connectivity index is 0.00000441. The van der Waals surface area contributed by atoms with Crippen LogP contribution in [0.1, 0.15) is 20.8 Å². The van der Waals surface area contributed by atoms with E-state index in [4.69, 9.17) is 4.74 Å². The van der Waals surface area contributed by atoms with Gasteiger partial charge in [0.1, 0.15) is 0 Å². The lowest BCUT2D eigenvalue weighted by Gasteiger charge is -2.41. The molecule has 1 rings (SSSR count). The molecule has 6 nitrogen and oxygen atoms in total. The maximum atomic E-state index is 5.42. The molecule has 0 aromatic carbocycles. The van der Waals surface area contributed by atoms with E-state index in [1.165, 1.54) is 0 Å². The summed E-state index contributed by atoms with van der Waals surface area (Å²) in [7, 11) is 3.94. The van der Waals surface area contributed by atoms with Gasteiger partial charge in [-0.15, -0.1) is 24.0 Å². The molecule has 0 bridgehead atoms. The highest BCUT2D eigenvalue weighted by atomic mass is 127. The SMILES string of the molecule is CCN(C)CCNC(=NC)NCC(C)(C)N1CCOCC1.I. The monoisotopic (exact) mass is 427 g/mol. The van der Waals surface area contributed by atoms with Gasteiger partial charge in [-0.1, -0.05) is 6.92 Å². The molecule has 0 radical (unpaired) electrons. The van der Waals surface area contributed by atoms with Gasteiger partial charge in [-0.25, -0.2) is 0 Å². The minimum absolute atomic E-state index is 0. The molecule has 1 aliphatic heterocycles. The molecule has 0 atom stereocenters. The zero-order valence-electron chi connectivity index (χ0n) is 14.8. The van der Waals surface area contributed by atoms with Crippen molar-refractivity contribution < 1.29 is 4.74 Å². The summed E-state index contributed by atoms with van der Waals surface area (Å²) in [6, 6.07) is 0. The zero-order valence-corrected chi connectivity index (χ0v) is 17.1. The molecule has 0 saturated carbocycles. The van der Waals surface area contributed by atoms with Crippen LogP contribution >= 0.6 is 24.0 Å². The van der Waals surface area contributed by atoms with Crippen molar-refractivity contribution in [2.75, 3.05) is 66.6 Å². The number of aliphatic imine (C=N–C) groups is 1. The number of ether oxygens (including phenoxy) is 1. The first-order chi connectivity index (χ1) is 9.99. The van der Waals surface area contributed by atoms with Gasteiger partial charge in [0.05, 0.1) is 13.2 Å². The van der Waals surface area contributed by atoms with Gasteiger partial charge in [0.2, 0.25) is 0 Å². The fraction of sp³-hybridized carbons (Fsp3) is 0.933. The molecule has 7 heteroatoms. The smallest absolute Gasteiger partial charge is 0.191 e. The van der Waals surface area contributed by atoms with Crippen molar-refractivity contribution >= 4 is 29.9 Å². The molecule has 0 aromatic heterocycles. The Hall–Kier alpha value is -0.120. The maximum Gasteiger partial charge on any atom is 0.191 e. The van der Waals surface area contributed by atoms with Crippen LogP contribution in [0, 0.1) is 0 Å². The molecule has 0 aliphatic carbocycles. The molecule has 1 fully saturated rings. The van der Waals surface area contributed by atoms with Gasteiger partial charge >= 0.3 is 0 Å². The van der Waals surface area contributed by atoms with Crippen molar-refractivity contribution in [3.63, 3.8) is 0 Å². The second kappa shape index (κ2) is 11.4. The molecule has 2 N–H and O–H groups in total. The fourth-order valence-electron chi connectivity index (χ4n) is 2.32. The van der Waals surface area contributed by atoms with E-state index in [-0.39, 0.29) is 29.5 Å². The molecule has 1 heterocycles. The Kier molecular flexibility index (Phi) is 11.4. The maximum absolute atomic E-state index is 5.42. The first kappa shape index (κ1) is 21.9. The Morgan fingerprint density at radius 1 is 1.27 bits per heavy atom. The van der Waals surface area contributed by atoms with Crippen LogP contribution < -0.4 is 10.6 Å². The average molecular weight is 427 g/mol. The normalized spacial score (nSPS) is 17.3. The number of nitrogens with one attached hydrogen (secondary N) is 2. The quantitative estimate of drug-likeness (QED) is 0.358. The molecule has 0 unspecified atom stereocenters. The summed E-state index contributed by atoms with van der Waals surface area (Å²) in [4.78, 5) is 9.04. The summed E-state index contributed by atoms with van der Waals surface area (Å²) >= 11 is 0. The van der Waals surface area contributed by atoms with E-state index in [2.05, 4.69) is 53.2 Å². The minimum atomic E-state index is 0. The average Bonchev–Trinajstić information content (AvgIpc) is 2.51. The number of rotatable bonds is 7. The predicted molar refractivity (Wildman–Crippen MR) is 104 cm³/mol. The molecule has 0 spiro atoms. The number of likely N-dealkylation sites (N-methyl/N-ethyl adjacent to an activating group) is 1. The summed E-state index contributed by atoms with van der Waals surface area (Å²) in [5, 5.41) is 6.80. The van der Waals surface area contributed by atoms with Crippen molar-refractivity contribution in [3.05, 3.63) is 0 Å². The summed E-state index contributed by atoms with van der Waals surface area (Å²) in [6.07, 6.45) is 0. The van der Waals surface area contributed by atoms with Crippen LogP contribution in [0.25, 0.3) is 0 Å². The zero-order chi connectivity index (χ0) is 15.7. The van der Waals surface area contributed by atoms with Crippen LogP contribution in [-0.4, -0.2) is 87.9 Å². The van der Waals surface area contributed by atoms with Crippen LogP contribution in [0.5, 0.6) is 0 Å². The lowest BCUT2D eigenvalue weighted by molar-refractivity contribution is -0.00834. The van der Waals surface area contributed by atoms with Crippen molar-refractivity contribution in [3.8, 4) is 0 Å². The van der Waals surface area contributed by atoms with Crippen LogP contribution in [0.3, 0.4) is 0 Å². The van der Waals surface area contributed by atoms with Gasteiger partial charge in [-0.2, -0.15) is 0 Å². The Morgan fingerprint density at radius 2 is 1.91 bits per heavy atom. The van der Waals surface area contributed by atoms with Crippen LogP contribution in [0.2, 0.25) is 0 Å². The molecular weight excluding hydrogens is 393 g/mol. The summed E-state index contributed by atoms with van der Waals surface area (Å²) < 4.78 is 5.42.